The van der Waals surface area contributed by atoms with Crippen molar-refractivity contribution in [1.29, 1.82) is 0 Å². The first-order valence-electron chi connectivity index (χ1n) is 9.36. The van der Waals surface area contributed by atoms with E-state index in [1.807, 2.05) is 0 Å². The van der Waals surface area contributed by atoms with E-state index in [0.717, 1.165) is 0 Å². The van der Waals surface area contributed by atoms with E-state index < -0.39 is 15.3 Å². The number of hydrogen-bond acceptors (Lipinski definition) is 5. The Balaban J connectivity index is 1.68. The summed E-state index contributed by atoms with van der Waals surface area (Å²) in [6.07, 6.45) is 1.000. The monoisotopic (exact) mass is 409 g/mol. The fourth-order valence-corrected chi connectivity index (χ4v) is 6.05. The van der Waals surface area contributed by atoms with Gasteiger partial charge in [0, 0.05) is 39.3 Å². The number of methoxy groups -OCH3 is 1. The lowest BCUT2D eigenvalue weighted by Crippen LogP contribution is -2.39. The Labute approximate surface area is 166 Å². The summed E-state index contributed by atoms with van der Waals surface area (Å²) >= 11 is 0. The average Bonchev–Trinajstić information content (AvgIpc) is 2.81. The minimum atomic E-state index is -3.53. The Morgan fingerprint density at radius 2 is 1.79 bits per heavy atom. The van der Waals surface area contributed by atoms with E-state index in [4.69, 9.17) is 4.74 Å². The molecule has 0 radical (unpaired) electrons. The number of benzene rings is 1. The molecule has 0 N–H and O–H groups in total. The molecule has 28 heavy (non-hydrogen) atoms. The number of ether oxygens (including phenoxy) is 1. The molecule has 2 aliphatic heterocycles. The second-order valence-electron chi connectivity index (χ2n) is 7.52. The fraction of sp³-hybridized carbons (Fsp3) is 0.579. The van der Waals surface area contributed by atoms with Gasteiger partial charge in [0.2, 0.25) is 15.9 Å². The average molecular weight is 410 g/mol. The van der Waals surface area contributed by atoms with E-state index in [0.29, 0.717) is 43.8 Å². The van der Waals surface area contributed by atoms with Crippen LogP contribution in [-0.2, 0) is 14.8 Å². The van der Waals surface area contributed by atoms with Gasteiger partial charge in [0.1, 0.15) is 5.75 Å². The number of rotatable bonds is 4. The Morgan fingerprint density at radius 3 is 2.39 bits per heavy atom. The van der Waals surface area contributed by atoms with Crippen molar-refractivity contribution in [3.05, 3.63) is 29.8 Å². The third-order valence-electron chi connectivity index (χ3n) is 5.59. The smallest absolute Gasteiger partial charge is 0.253 e. The lowest BCUT2D eigenvalue weighted by atomic mass is 10.0. The Kier molecular flexibility index (Phi) is 5.95. The molecule has 2 saturated heterocycles. The van der Waals surface area contributed by atoms with Gasteiger partial charge in [-0.2, -0.15) is 4.31 Å². The molecule has 0 bridgehead atoms. The van der Waals surface area contributed by atoms with E-state index in [2.05, 4.69) is 0 Å². The van der Waals surface area contributed by atoms with Gasteiger partial charge in [-0.3, -0.25) is 9.59 Å². The SMILES string of the molecule is COc1ccc(C(=O)N2CC[C@@H]3CN(CC(=O)N(C)C)S(=O)(=O)[C@@H]3CC2)cc1. The Morgan fingerprint density at radius 1 is 1.14 bits per heavy atom. The minimum Gasteiger partial charge on any atom is -0.497 e. The molecule has 1 aromatic rings. The quantitative estimate of drug-likeness (QED) is 0.729. The molecule has 0 saturated carbocycles. The van der Waals surface area contributed by atoms with Crippen LogP contribution in [0.1, 0.15) is 23.2 Å². The molecule has 2 fully saturated rings. The van der Waals surface area contributed by atoms with Crippen LogP contribution in [0.2, 0.25) is 0 Å². The highest BCUT2D eigenvalue weighted by Gasteiger charge is 2.47. The normalized spacial score (nSPS) is 24.3. The predicted molar refractivity (Wildman–Crippen MR) is 105 cm³/mol. The first-order valence-corrected chi connectivity index (χ1v) is 10.9. The Bertz CT molecular complexity index is 838. The van der Waals surface area contributed by atoms with Crippen molar-refractivity contribution in [1.82, 2.24) is 14.1 Å². The molecule has 0 aromatic heterocycles. The number of fused-ring (bicyclic) bond motifs is 1. The largest absolute Gasteiger partial charge is 0.497 e. The lowest BCUT2D eigenvalue weighted by molar-refractivity contribution is -0.128. The van der Waals surface area contributed by atoms with Crippen molar-refractivity contribution in [2.24, 2.45) is 5.92 Å². The van der Waals surface area contributed by atoms with Crippen molar-refractivity contribution < 1.29 is 22.7 Å². The van der Waals surface area contributed by atoms with Gasteiger partial charge in [0.15, 0.2) is 0 Å². The summed E-state index contributed by atoms with van der Waals surface area (Å²) < 4.78 is 32.2. The number of amides is 2. The molecule has 1 aromatic carbocycles. The highest BCUT2D eigenvalue weighted by Crippen LogP contribution is 2.34. The standard InChI is InChI=1S/C19H27N3O5S/c1-20(2)18(23)13-22-12-15-8-10-21(11-9-17(15)28(22,25)26)19(24)14-4-6-16(27-3)7-5-14/h4-7,15,17H,8-13H2,1-3H3/t15-,17-/m1/s1. The molecular weight excluding hydrogens is 382 g/mol. The molecule has 2 aliphatic rings. The zero-order chi connectivity index (χ0) is 20.5. The maximum Gasteiger partial charge on any atom is 0.253 e. The third kappa shape index (κ3) is 4.00. The highest BCUT2D eigenvalue weighted by atomic mass is 32.2. The zero-order valence-corrected chi connectivity index (χ0v) is 17.3. The fourth-order valence-electron chi connectivity index (χ4n) is 3.86. The molecule has 3 rings (SSSR count). The van der Waals surface area contributed by atoms with Crippen LogP contribution >= 0.6 is 0 Å². The van der Waals surface area contributed by atoms with Gasteiger partial charge >= 0.3 is 0 Å². The number of sulfonamides is 1. The van der Waals surface area contributed by atoms with Crippen molar-refractivity contribution in [2.45, 2.75) is 18.1 Å². The van der Waals surface area contributed by atoms with E-state index in [-0.39, 0.29) is 24.3 Å². The van der Waals surface area contributed by atoms with Crippen molar-refractivity contribution in [2.75, 3.05) is 47.4 Å². The summed E-state index contributed by atoms with van der Waals surface area (Å²) in [5.74, 6) is 0.296. The highest BCUT2D eigenvalue weighted by molar-refractivity contribution is 7.90. The zero-order valence-electron chi connectivity index (χ0n) is 16.5. The van der Waals surface area contributed by atoms with Gasteiger partial charge in [-0.15, -0.1) is 0 Å². The van der Waals surface area contributed by atoms with Gasteiger partial charge in [0.25, 0.3) is 5.91 Å². The molecule has 2 atom stereocenters. The summed E-state index contributed by atoms with van der Waals surface area (Å²) in [5.41, 5.74) is 0.564. The molecule has 154 valence electrons. The summed E-state index contributed by atoms with van der Waals surface area (Å²) in [7, 11) is 1.27. The van der Waals surface area contributed by atoms with Crippen molar-refractivity contribution >= 4 is 21.8 Å². The Hall–Kier alpha value is -2.13. The van der Waals surface area contributed by atoms with Gasteiger partial charge in [0.05, 0.1) is 18.9 Å². The van der Waals surface area contributed by atoms with Crippen LogP contribution < -0.4 is 4.74 Å². The number of likely N-dealkylation sites (tertiary alicyclic amines) is 1. The number of nitrogens with zero attached hydrogens (tertiary/aromatic N) is 3. The molecule has 0 unspecified atom stereocenters. The summed E-state index contributed by atoms with van der Waals surface area (Å²) in [5, 5.41) is -0.531. The summed E-state index contributed by atoms with van der Waals surface area (Å²) in [6.45, 7) is 1.13. The first-order chi connectivity index (χ1) is 13.2. The van der Waals surface area contributed by atoms with Crippen LogP contribution in [0.15, 0.2) is 24.3 Å². The molecule has 0 aliphatic carbocycles. The van der Waals surface area contributed by atoms with E-state index in [9.17, 15) is 18.0 Å². The van der Waals surface area contributed by atoms with Gasteiger partial charge in [-0.25, -0.2) is 8.42 Å². The second kappa shape index (κ2) is 8.08. The van der Waals surface area contributed by atoms with Gasteiger partial charge < -0.3 is 14.5 Å². The molecule has 2 heterocycles. The van der Waals surface area contributed by atoms with Crippen LogP contribution in [0, 0.1) is 5.92 Å². The van der Waals surface area contributed by atoms with E-state index in [1.165, 1.54) is 9.21 Å². The second-order valence-corrected chi connectivity index (χ2v) is 9.67. The number of carbonyl (C=O) groups excluding carboxylic acids is 2. The van der Waals surface area contributed by atoms with Gasteiger partial charge in [-0.05, 0) is 43.0 Å². The number of hydrogen-bond donors (Lipinski definition) is 0. The van der Waals surface area contributed by atoms with Crippen LogP contribution in [-0.4, -0.2) is 87.0 Å². The first kappa shape index (κ1) is 20.6. The van der Waals surface area contributed by atoms with Crippen molar-refractivity contribution in [3.8, 4) is 5.75 Å². The van der Waals surface area contributed by atoms with E-state index in [1.54, 1.807) is 50.4 Å². The maximum atomic E-state index is 12.9. The topological polar surface area (TPSA) is 87.2 Å². The van der Waals surface area contributed by atoms with Crippen LogP contribution in [0.3, 0.4) is 0 Å². The van der Waals surface area contributed by atoms with Crippen LogP contribution in [0.4, 0.5) is 0 Å². The van der Waals surface area contributed by atoms with Crippen LogP contribution in [0.25, 0.3) is 0 Å². The minimum absolute atomic E-state index is 0.0615. The number of likely N-dealkylation sites (N-methyl/N-ethyl adjacent to an activating group) is 1. The predicted octanol–water partition coefficient (Wildman–Crippen LogP) is 0.650. The lowest BCUT2D eigenvalue weighted by Gasteiger charge is -2.22. The molecule has 2 amide bonds. The maximum absolute atomic E-state index is 12.9. The molecule has 9 heteroatoms. The molecular formula is C19H27N3O5S. The number of carbonyl (C=O) groups is 2. The van der Waals surface area contributed by atoms with Crippen molar-refractivity contribution in [3.63, 3.8) is 0 Å². The third-order valence-corrected chi connectivity index (χ3v) is 7.98. The van der Waals surface area contributed by atoms with Gasteiger partial charge in [-0.1, -0.05) is 0 Å². The van der Waals surface area contributed by atoms with Crippen LogP contribution in [0.5, 0.6) is 5.75 Å². The molecule has 8 nitrogen and oxygen atoms in total. The summed E-state index contributed by atoms with van der Waals surface area (Å²) in [4.78, 5) is 27.9. The summed E-state index contributed by atoms with van der Waals surface area (Å²) in [6, 6.07) is 6.92. The molecule has 0 spiro atoms. The van der Waals surface area contributed by atoms with E-state index >= 15 is 0 Å².